The van der Waals surface area contributed by atoms with Crippen LogP contribution in [0.15, 0.2) is 29.4 Å². The fourth-order valence-corrected chi connectivity index (χ4v) is 2.09. The van der Waals surface area contributed by atoms with Crippen LogP contribution in [0.1, 0.15) is 33.0 Å². The Kier molecular flexibility index (Phi) is 9.62. The number of guanidine groups is 1. The molecule has 0 bridgehead atoms. The molecule has 0 aliphatic heterocycles. The van der Waals surface area contributed by atoms with Crippen molar-refractivity contribution in [1.29, 1.82) is 0 Å². The Hall–Kier alpha value is -1.42. The Balaban J connectivity index is 0.00000288. The van der Waals surface area contributed by atoms with E-state index in [0.29, 0.717) is 6.54 Å². The Bertz CT molecular complexity index is 628. The van der Waals surface area contributed by atoms with Crippen LogP contribution in [0, 0.1) is 0 Å². The van der Waals surface area contributed by atoms with E-state index in [9.17, 15) is 0 Å². The molecule has 0 radical (unpaired) electrons. The Morgan fingerprint density at radius 2 is 2.12 bits per heavy atom. The maximum Gasteiger partial charge on any atom is 0.191 e. The molecule has 0 fully saturated rings. The molecule has 8 heteroatoms. The Labute approximate surface area is 160 Å². The van der Waals surface area contributed by atoms with Crippen LogP contribution >= 0.6 is 24.0 Å². The molecule has 0 amide bonds. The van der Waals surface area contributed by atoms with E-state index in [4.69, 9.17) is 4.74 Å². The number of pyridine rings is 1. The lowest BCUT2D eigenvalue weighted by Crippen LogP contribution is -2.38. The lowest BCUT2D eigenvalue weighted by molar-refractivity contribution is 0.0776. The van der Waals surface area contributed by atoms with Gasteiger partial charge < -0.3 is 15.4 Å². The molecule has 0 unspecified atom stereocenters. The van der Waals surface area contributed by atoms with Crippen LogP contribution in [-0.4, -0.2) is 46.4 Å². The highest BCUT2D eigenvalue weighted by Gasteiger charge is 2.04. The molecule has 0 saturated carbocycles. The summed E-state index contributed by atoms with van der Waals surface area (Å²) in [6.45, 7) is 8.99. The summed E-state index contributed by atoms with van der Waals surface area (Å²) in [6, 6.07) is 5.84. The summed E-state index contributed by atoms with van der Waals surface area (Å²) >= 11 is 0. The lowest BCUT2D eigenvalue weighted by atomic mass is 10.4. The van der Waals surface area contributed by atoms with Gasteiger partial charge in [0.25, 0.3) is 0 Å². The van der Waals surface area contributed by atoms with Crippen molar-refractivity contribution >= 4 is 35.6 Å². The number of nitrogens with zero attached hydrogens (tertiary/aromatic N) is 4. The SMILES string of the molecule is CCNC(=NCc1nnc2ccccn12)NCCCOC(C)C.I. The second kappa shape index (κ2) is 11.2. The number of nitrogens with one attached hydrogen (secondary N) is 2. The quantitative estimate of drug-likeness (QED) is 0.282. The van der Waals surface area contributed by atoms with Gasteiger partial charge in [-0.1, -0.05) is 6.07 Å². The van der Waals surface area contributed by atoms with Crippen molar-refractivity contribution in [3.63, 3.8) is 0 Å². The minimum atomic E-state index is 0. The first-order valence-corrected chi connectivity index (χ1v) is 8.13. The minimum Gasteiger partial charge on any atom is -0.379 e. The fraction of sp³-hybridized carbons (Fsp3) is 0.562. The normalized spacial score (nSPS) is 11.6. The van der Waals surface area contributed by atoms with Crippen molar-refractivity contribution in [2.45, 2.75) is 39.8 Å². The van der Waals surface area contributed by atoms with Gasteiger partial charge in [-0.2, -0.15) is 0 Å². The van der Waals surface area contributed by atoms with Crippen molar-refractivity contribution in [2.75, 3.05) is 19.7 Å². The standard InChI is InChI=1S/C16H26N6O.HI/c1-4-17-16(18-9-7-11-23-13(2)3)19-12-15-21-20-14-8-5-6-10-22(14)15;/h5-6,8,10,13H,4,7,9,11-12H2,1-3H3,(H2,17,18,19);1H. The van der Waals surface area contributed by atoms with E-state index in [2.05, 4.69) is 25.8 Å². The third-order valence-electron chi connectivity index (χ3n) is 3.17. The molecule has 7 nitrogen and oxygen atoms in total. The molecule has 0 saturated heterocycles. The maximum absolute atomic E-state index is 5.53. The largest absolute Gasteiger partial charge is 0.379 e. The van der Waals surface area contributed by atoms with Gasteiger partial charge in [-0.15, -0.1) is 34.2 Å². The molecular weight excluding hydrogens is 419 g/mol. The number of aromatic nitrogens is 3. The molecule has 0 spiro atoms. The van der Waals surface area contributed by atoms with E-state index >= 15 is 0 Å². The highest BCUT2D eigenvalue weighted by Crippen LogP contribution is 2.03. The number of rotatable bonds is 8. The van der Waals surface area contributed by atoms with Crippen molar-refractivity contribution in [3.05, 3.63) is 30.2 Å². The van der Waals surface area contributed by atoms with Crippen LogP contribution in [0.25, 0.3) is 5.65 Å². The molecule has 2 aromatic heterocycles. The molecule has 2 heterocycles. The first-order valence-electron chi connectivity index (χ1n) is 8.13. The van der Waals surface area contributed by atoms with Crippen molar-refractivity contribution in [2.24, 2.45) is 4.99 Å². The summed E-state index contributed by atoms with van der Waals surface area (Å²) in [5.41, 5.74) is 0.835. The highest BCUT2D eigenvalue weighted by molar-refractivity contribution is 14.0. The zero-order valence-electron chi connectivity index (χ0n) is 14.5. The fourth-order valence-electron chi connectivity index (χ4n) is 2.09. The van der Waals surface area contributed by atoms with Crippen LogP contribution < -0.4 is 10.6 Å². The molecule has 0 aromatic carbocycles. The van der Waals surface area contributed by atoms with E-state index in [-0.39, 0.29) is 30.1 Å². The molecule has 0 aliphatic rings. The van der Waals surface area contributed by atoms with Crippen molar-refractivity contribution < 1.29 is 4.74 Å². The molecule has 2 N–H and O–H groups in total. The second-order valence-electron chi connectivity index (χ2n) is 5.44. The second-order valence-corrected chi connectivity index (χ2v) is 5.44. The van der Waals surface area contributed by atoms with Gasteiger partial charge in [0.2, 0.25) is 0 Å². The van der Waals surface area contributed by atoms with Gasteiger partial charge in [0.1, 0.15) is 6.54 Å². The van der Waals surface area contributed by atoms with Crippen LogP contribution in [0.3, 0.4) is 0 Å². The maximum atomic E-state index is 5.53. The first-order chi connectivity index (χ1) is 11.2. The molecule has 0 atom stereocenters. The van der Waals surface area contributed by atoms with Crippen molar-refractivity contribution in [3.8, 4) is 0 Å². The molecule has 2 rings (SSSR count). The first kappa shape index (κ1) is 20.6. The van der Waals surface area contributed by atoms with Crippen LogP contribution in [0.5, 0.6) is 0 Å². The van der Waals surface area contributed by atoms with Gasteiger partial charge in [0, 0.05) is 25.9 Å². The van der Waals surface area contributed by atoms with E-state index in [0.717, 1.165) is 43.5 Å². The molecule has 134 valence electrons. The van der Waals surface area contributed by atoms with Gasteiger partial charge in [-0.3, -0.25) is 4.40 Å². The average Bonchev–Trinajstić information content (AvgIpc) is 2.95. The van der Waals surface area contributed by atoms with Crippen molar-refractivity contribution in [1.82, 2.24) is 25.2 Å². The molecule has 24 heavy (non-hydrogen) atoms. The van der Waals surface area contributed by atoms with E-state index in [1.54, 1.807) is 0 Å². The van der Waals surface area contributed by atoms with E-state index in [1.807, 2.05) is 49.6 Å². The Morgan fingerprint density at radius 3 is 2.88 bits per heavy atom. The summed E-state index contributed by atoms with van der Waals surface area (Å²) in [6.07, 6.45) is 3.17. The zero-order chi connectivity index (χ0) is 16.5. The average molecular weight is 446 g/mol. The summed E-state index contributed by atoms with van der Waals surface area (Å²) < 4.78 is 7.48. The number of hydrogen-bond donors (Lipinski definition) is 2. The van der Waals surface area contributed by atoms with Gasteiger partial charge in [-0.05, 0) is 39.3 Å². The van der Waals surface area contributed by atoms with Crippen LogP contribution in [0.2, 0.25) is 0 Å². The summed E-state index contributed by atoms with van der Waals surface area (Å²) in [4.78, 5) is 4.57. The number of hydrogen-bond acceptors (Lipinski definition) is 4. The predicted molar refractivity (Wildman–Crippen MR) is 107 cm³/mol. The highest BCUT2D eigenvalue weighted by atomic mass is 127. The number of halogens is 1. The monoisotopic (exact) mass is 446 g/mol. The van der Waals surface area contributed by atoms with Gasteiger partial charge in [0.05, 0.1) is 6.10 Å². The number of fused-ring (bicyclic) bond motifs is 1. The summed E-state index contributed by atoms with van der Waals surface area (Å²) in [5.74, 6) is 1.60. The van der Waals surface area contributed by atoms with Gasteiger partial charge in [0.15, 0.2) is 17.4 Å². The lowest BCUT2D eigenvalue weighted by Gasteiger charge is -2.12. The predicted octanol–water partition coefficient (Wildman–Crippen LogP) is 2.22. The molecule has 2 aromatic rings. The topological polar surface area (TPSA) is 75.8 Å². The smallest absolute Gasteiger partial charge is 0.191 e. The summed E-state index contributed by atoms with van der Waals surface area (Å²) in [5, 5.41) is 14.9. The van der Waals surface area contributed by atoms with Gasteiger partial charge in [-0.25, -0.2) is 4.99 Å². The molecular formula is C16H27IN6O. The number of ether oxygens (including phenoxy) is 1. The summed E-state index contributed by atoms with van der Waals surface area (Å²) in [7, 11) is 0. The Morgan fingerprint density at radius 1 is 1.29 bits per heavy atom. The van der Waals surface area contributed by atoms with E-state index < -0.39 is 0 Å². The molecule has 0 aliphatic carbocycles. The van der Waals surface area contributed by atoms with Crippen LogP contribution in [0.4, 0.5) is 0 Å². The zero-order valence-corrected chi connectivity index (χ0v) is 16.9. The van der Waals surface area contributed by atoms with E-state index in [1.165, 1.54) is 0 Å². The third kappa shape index (κ3) is 6.60. The minimum absolute atomic E-state index is 0. The van der Waals surface area contributed by atoms with Crippen LogP contribution in [-0.2, 0) is 11.3 Å². The van der Waals surface area contributed by atoms with Gasteiger partial charge >= 0.3 is 0 Å². The third-order valence-corrected chi connectivity index (χ3v) is 3.17. The number of aliphatic imine (C=N–C) groups is 1.